The topological polar surface area (TPSA) is 139 Å². The lowest BCUT2D eigenvalue weighted by Crippen LogP contribution is -2.31. The minimum Gasteiger partial charge on any atom is -0.475 e. The molecular weight excluding hydrogens is 625 g/mol. The second-order valence-corrected chi connectivity index (χ2v) is 10.8. The number of aromatic nitrogens is 6. The van der Waals surface area contributed by atoms with Gasteiger partial charge in [-0.25, -0.2) is 4.79 Å². The van der Waals surface area contributed by atoms with E-state index in [0.29, 0.717) is 30.2 Å². The highest BCUT2D eigenvalue weighted by molar-refractivity contribution is 5.93. The zero-order valence-electron chi connectivity index (χ0n) is 26.6. The Morgan fingerprint density at radius 1 is 0.854 bits per heavy atom. The van der Waals surface area contributed by atoms with Crippen LogP contribution in [0.4, 0.5) is 13.2 Å². The van der Waals surface area contributed by atoms with Gasteiger partial charge in [-0.2, -0.15) is 23.1 Å². The normalized spacial score (nSPS) is 11.0. The molecule has 0 unspecified atom stereocenters. The first-order valence-electron chi connectivity index (χ1n) is 15.1. The van der Waals surface area contributed by atoms with Crippen LogP contribution in [0.3, 0.4) is 0 Å². The molecule has 3 aromatic heterocycles. The Bertz CT molecular complexity index is 1780. The van der Waals surface area contributed by atoms with Crippen LogP contribution in [0.5, 0.6) is 0 Å². The van der Waals surface area contributed by atoms with E-state index >= 15 is 0 Å². The first-order valence-corrected chi connectivity index (χ1v) is 15.1. The first-order chi connectivity index (χ1) is 22.9. The molecular formula is C34H35F3N8O3. The van der Waals surface area contributed by atoms with Gasteiger partial charge in [-0.15, -0.1) is 5.10 Å². The van der Waals surface area contributed by atoms with Crippen molar-refractivity contribution >= 4 is 11.9 Å². The van der Waals surface area contributed by atoms with Crippen molar-refractivity contribution in [1.29, 1.82) is 0 Å². The van der Waals surface area contributed by atoms with Crippen molar-refractivity contribution in [1.82, 2.24) is 40.2 Å². The van der Waals surface area contributed by atoms with Crippen molar-refractivity contribution in [3.8, 4) is 16.9 Å². The van der Waals surface area contributed by atoms with Crippen LogP contribution in [0, 0.1) is 13.8 Å². The molecule has 14 heteroatoms. The predicted octanol–water partition coefficient (Wildman–Crippen LogP) is 5.71. The number of carboxylic acids is 1. The summed E-state index contributed by atoms with van der Waals surface area (Å²) < 4.78 is 31.7. The van der Waals surface area contributed by atoms with Crippen LogP contribution in [0.25, 0.3) is 16.9 Å². The largest absolute Gasteiger partial charge is 0.490 e. The number of aryl methyl sites for hydroxylation is 2. The molecule has 0 fully saturated rings. The molecule has 0 aliphatic rings. The molecule has 0 aliphatic carbocycles. The molecule has 48 heavy (non-hydrogen) atoms. The zero-order chi connectivity index (χ0) is 34.7. The quantitative estimate of drug-likeness (QED) is 0.171. The van der Waals surface area contributed by atoms with E-state index in [0.717, 1.165) is 53.3 Å². The number of para-hydroxylation sites is 1. The van der Waals surface area contributed by atoms with Gasteiger partial charge >= 0.3 is 12.1 Å². The number of hydrogen-bond donors (Lipinski definition) is 2. The molecule has 5 aromatic rings. The number of pyridine rings is 1. The van der Waals surface area contributed by atoms with Gasteiger partial charge in [0.2, 0.25) is 0 Å². The number of nitrogens with one attached hydrogen (secondary N) is 1. The molecule has 1 amide bonds. The molecule has 0 bridgehead atoms. The number of nitrogens with zero attached hydrogens (tertiary/aromatic N) is 7. The van der Waals surface area contributed by atoms with Gasteiger partial charge in [-0.05, 0) is 56.1 Å². The number of alkyl halides is 3. The van der Waals surface area contributed by atoms with Crippen LogP contribution in [0.15, 0.2) is 85.3 Å². The molecule has 11 nitrogen and oxygen atoms in total. The summed E-state index contributed by atoms with van der Waals surface area (Å²) in [4.78, 5) is 39.5. The molecule has 0 saturated heterocycles. The molecule has 2 aromatic carbocycles. The number of amides is 1. The number of rotatable bonds is 11. The molecule has 0 spiro atoms. The maximum atomic E-state index is 13.8. The average molecular weight is 661 g/mol. The second-order valence-electron chi connectivity index (χ2n) is 10.8. The smallest absolute Gasteiger partial charge is 0.475 e. The van der Waals surface area contributed by atoms with E-state index in [1.807, 2.05) is 73.8 Å². The van der Waals surface area contributed by atoms with E-state index in [9.17, 15) is 18.0 Å². The molecule has 250 valence electrons. The third-order valence-corrected chi connectivity index (χ3v) is 6.89. The number of carbonyl (C=O) groups excluding carboxylic acids is 1. The lowest BCUT2D eigenvalue weighted by Gasteiger charge is -2.22. The lowest BCUT2D eigenvalue weighted by molar-refractivity contribution is -0.192. The van der Waals surface area contributed by atoms with Crippen LogP contribution in [0.2, 0.25) is 0 Å². The molecule has 0 saturated carbocycles. The predicted molar refractivity (Wildman–Crippen MR) is 172 cm³/mol. The average Bonchev–Trinajstić information content (AvgIpc) is 3.47. The van der Waals surface area contributed by atoms with Gasteiger partial charge < -0.3 is 15.3 Å². The van der Waals surface area contributed by atoms with E-state index in [1.165, 1.54) is 4.80 Å². The summed E-state index contributed by atoms with van der Waals surface area (Å²) in [6.45, 7) is 8.32. The van der Waals surface area contributed by atoms with Gasteiger partial charge in [0, 0.05) is 31.0 Å². The van der Waals surface area contributed by atoms with Crippen LogP contribution < -0.4 is 5.32 Å². The highest BCUT2D eigenvalue weighted by Gasteiger charge is 2.38. The van der Waals surface area contributed by atoms with Gasteiger partial charge in [-0.3, -0.25) is 19.7 Å². The van der Waals surface area contributed by atoms with E-state index in [4.69, 9.17) is 9.90 Å². The number of aliphatic carboxylic acids is 1. The van der Waals surface area contributed by atoms with Crippen LogP contribution >= 0.6 is 0 Å². The summed E-state index contributed by atoms with van der Waals surface area (Å²) in [5, 5.41) is 19.6. The fourth-order valence-corrected chi connectivity index (χ4v) is 4.41. The minimum absolute atomic E-state index is 0.218. The molecule has 0 aliphatic heterocycles. The number of hydrogen-bond acceptors (Lipinski definition) is 8. The van der Waals surface area contributed by atoms with Crippen molar-refractivity contribution in [2.75, 3.05) is 6.54 Å². The van der Waals surface area contributed by atoms with E-state index < -0.39 is 12.1 Å². The number of benzene rings is 2. The van der Waals surface area contributed by atoms with E-state index in [-0.39, 0.29) is 5.91 Å². The van der Waals surface area contributed by atoms with Crippen molar-refractivity contribution in [3.05, 3.63) is 119 Å². The standard InChI is InChI=1S/C32H34N8O.C2HF3O2/c1-4-16-33-18-26-12-15-30(36-19-26)27-13-10-25(11-14-27)21-39(22-28-20-34-23(2)17-35-28)32(41)31-24(3)37-40(38-31)29-8-6-5-7-9-29;3-2(4,5)1(6)7/h5-15,17,19-20,33H,4,16,18,21-22H2,1-3H3;(H,6,7). The maximum absolute atomic E-state index is 13.8. The van der Waals surface area contributed by atoms with E-state index in [2.05, 4.69) is 43.5 Å². The summed E-state index contributed by atoms with van der Waals surface area (Å²) in [5.74, 6) is -2.97. The molecule has 0 radical (unpaired) electrons. The third-order valence-electron chi connectivity index (χ3n) is 6.89. The molecule has 3 heterocycles. The van der Waals surface area contributed by atoms with Gasteiger partial charge in [0.1, 0.15) is 0 Å². The number of carboxylic acid groups (broad SMARTS) is 1. The summed E-state index contributed by atoms with van der Waals surface area (Å²) >= 11 is 0. The zero-order valence-corrected chi connectivity index (χ0v) is 26.6. The van der Waals surface area contributed by atoms with Crippen LogP contribution in [-0.2, 0) is 24.4 Å². The van der Waals surface area contributed by atoms with Gasteiger partial charge in [-0.1, -0.05) is 55.5 Å². The van der Waals surface area contributed by atoms with Crippen LogP contribution in [-0.4, -0.2) is 64.5 Å². The lowest BCUT2D eigenvalue weighted by atomic mass is 10.1. The second kappa shape index (κ2) is 16.4. The monoisotopic (exact) mass is 660 g/mol. The molecule has 2 N–H and O–H groups in total. The Morgan fingerprint density at radius 3 is 2.12 bits per heavy atom. The van der Waals surface area contributed by atoms with Gasteiger partial charge in [0.15, 0.2) is 5.69 Å². The van der Waals surface area contributed by atoms with Crippen molar-refractivity contribution in [2.45, 2.75) is 53.0 Å². The minimum atomic E-state index is -5.08. The van der Waals surface area contributed by atoms with Crippen LogP contribution in [0.1, 0.15) is 52.0 Å². The molecule has 5 rings (SSSR count). The Kier molecular flexibility index (Phi) is 12.1. The third kappa shape index (κ3) is 10.00. The van der Waals surface area contributed by atoms with Gasteiger partial charge in [0.25, 0.3) is 5.91 Å². The Balaban J connectivity index is 0.000000671. The van der Waals surface area contributed by atoms with Crippen molar-refractivity contribution in [2.24, 2.45) is 0 Å². The number of halogens is 3. The first kappa shape index (κ1) is 35.4. The highest BCUT2D eigenvalue weighted by atomic mass is 19.4. The Morgan fingerprint density at radius 2 is 1.54 bits per heavy atom. The fourth-order valence-electron chi connectivity index (χ4n) is 4.41. The SMILES string of the molecule is CCCNCc1ccc(-c2ccc(CN(Cc3cnc(C)cn3)C(=O)c3nn(-c4ccccc4)nc3C)cc2)nc1.O=C(O)C(F)(F)F. The van der Waals surface area contributed by atoms with E-state index in [1.54, 1.807) is 24.2 Å². The summed E-state index contributed by atoms with van der Waals surface area (Å²) in [5.41, 5.74) is 7.26. The maximum Gasteiger partial charge on any atom is 0.490 e. The highest BCUT2D eigenvalue weighted by Crippen LogP contribution is 2.21. The Hall–Kier alpha value is -5.50. The number of carbonyl (C=O) groups is 2. The summed E-state index contributed by atoms with van der Waals surface area (Å²) in [7, 11) is 0. The molecule has 0 atom stereocenters. The van der Waals surface area contributed by atoms with Crippen molar-refractivity contribution in [3.63, 3.8) is 0 Å². The Labute approximate surface area is 275 Å². The van der Waals surface area contributed by atoms with Crippen molar-refractivity contribution < 1.29 is 27.9 Å². The summed E-state index contributed by atoms with van der Waals surface area (Å²) in [6.07, 6.45) is 1.36. The van der Waals surface area contributed by atoms with Gasteiger partial charge in [0.05, 0.1) is 41.2 Å². The fraction of sp³-hybridized carbons (Fsp3) is 0.265. The summed E-state index contributed by atoms with van der Waals surface area (Å²) in [6, 6.07) is 21.9.